The van der Waals surface area contributed by atoms with Crippen molar-refractivity contribution >= 4 is 23.5 Å². The molecule has 1 aromatic rings. The van der Waals surface area contributed by atoms with Crippen molar-refractivity contribution in [1.29, 1.82) is 0 Å². The van der Waals surface area contributed by atoms with E-state index in [1.807, 2.05) is 25.1 Å². The zero-order valence-corrected chi connectivity index (χ0v) is 15.8. The molecule has 0 unspecified atom stereocenters. The SMILES string of the molecule is COC(=O)CCCCCc1ccc(Cl)c(OC[C@@H](C)CCC(N)=O)c1. The van der Waals surface area contributed by atoms with E-state index >= 15 is 0 Å². The average molecular weight is 370 g/mol. The third kappa shape index (κ3) is 9.34. The lowest BCUT2D eigenvalue weighted by Crippen LogP contribution is -2.15. The lowest BCUT2D eigenvalue weighted by Gasteiger charge is -2.14. The maximum atomic E-state index is 11.1. The minimum atomic E-state index is -0.293. The highest BCUT2D eigenvalue weighted by molar-refractivity contribution is 6.32. The minimum Gasteiger partial charge on any atom is -0.492 e. The molecule has 6 heteroatoms. The Labute approximate surface area is 154 Å². The smallest absolute Gasteiger partial charge is 0.305 e. The number of hydrogen-bond acceptors (Lipinski definition) is 4. The van der Waals surface area contributed by atoms with Crippen LogP contribution in [0.3, 0.4) is 0 Å². The van der Waals surface area contributed by atoms with Gasteiger partial charge in [-0.3, -0.25) is 9.59 Å². The molecular formula is C19H28ClNO4. The Hall–Kier alpha value is -1.75. The van der Waals surface area contributed by atoms with Gasteiger partial charge in [-0.1, -0.05) is 31.0 Å². The standard InChI is InChI=1S/C19H28ClNO4/c1-14(8-11-18(21)22)13-25-17-12-15(9-10-16(17)20)6-4-3-5-7-19(23)24-2/h9-10,12,14H,3-8,11,13H2,1-2H3,(H2,21,22)/t14-/m0/s1. The first-order chi connectivity index (χ1) is 11.9. The summed E-state index contributed by atoms with van der Waals surface area (Å²) in [5.74, 6) is 0.442. The number of carbonyl (C=O) groups is 2. The molecule has 0 aliphatic carbocycles. The highest BCUT2D eigenvalue weighted by Gasteiger charge is 2.09. The summed E-state index contributed by atoms with van der Waals surface area (Å²) in [6.45, 7) is 2.51. The molecule has 0 aliphatic heterocycles. The second-order valence-corrected chi connectivity index (χ2v) is 6.73. The molecule has 2 N–H and O–H groups in total. The van der Waals surface area contributed by atoms with Gasteiger partial charge in [-0.05, 0) is 49.3 Å². The highest BCUT2D eigenvalue weighted by Crippen LogP contribution is 2.27. The van der Waals surface area contributed by atoms with Crippen molar-refractivity contribution in [2.45, 2.75) is 51.9 Å². The number of amides is 1. The molecule has 1 rings (SSSR count). The summed E-state index contributed by atoms with van der Waals surface area (Å²) < 4.78 is 10.4. The molecule has 25 heavy (non-hydrogen) atoms. The summed E-state index contributed by atoms with van der Waals surface area (Å²) in [5.41, 5.74) is 6.31. The van der Waals surface area contributed by atoms with E-state index in [-0.39, 0.29) is 17.8 Å². The number of rotatable bonds is 12. The fourth-order valence-corrected chi connectivity index (χ4v) is 2.57. The van der Waals surface area contributed by atoms with Gasteiger partial charge in [0, 0.05) is 12.8 Å². The number of carbonyl (C=O) groups excluding carboxylic acids is 2. The summed E-state index contributed by atoms with van der Waals surface area (Å²) in [6.07, 6.45) is 5.24. The molecule has 0 spiro atoms. The van der Waals surface area contributed by atoms with Crippen LogP contribution in [0.25, 0.3) is 0 Å². The van der Waals surface area contributed by atoms with E-state index < -0.39 is 0 Å². The number of primary amides is 1. The van der Waals surface area contributed by atoms with E-state index in [2.05, 4.69) is 4.74 Å². The van der Waals surface area contributed by atoms with Gasteiger partial charge in [0.05, 0.1) is 18.7 Å². The van der Waals surface area contributed by atoms with E-state index in [0.29, 0.717) is 36.6 Å². The van der Waals surface area contributed by atoms with Crippen molar-refractivity contribution in [1.82, 2.24) is 0 Å². The van der Waals surface area contributed by atoms with Gasteiger partial charge in [-0.25, -0.2) is 0 Å². The number of unbranched alkanes of at least 4 members (excludes halogenated alkanes) is 2. The summed E-state index contributed by atoms with van der Waals surface area (Å²) in [5, 5.41) is 0.580. The van der Waals surface area contributed by atoms with E-state index in [0.717, 1.165) is 31.2 Å². The van der Waals surface area contributed by atoms with Crippen LogP contribution in [0.5, 0.6) is 5.75 Å². The van der Waals surface area contributed by atoms with E-state index in [4.69, 9.17) is 22.1 Å². The number of esters is 1. The Morgan fingerprint density at radius 2 is 1.96 bits per heavy atom. The number of ether oxygens (including phenoxy) is 2. The van der Waals surface area contributed by atoms with E-state index in [1.165, 1.54) is 7.11 Å². The van der Waals surface area contributed by atoms with Crippen LogP contribution < -0.4 is 10.5 Å². The summed E-state index contributed by atoms with van der Waals surface area (Å²) >= 11 is 6.19. The summed E-state index contributed by atoms with van der Waals surface area (Å²) in [7, 11) is 1.41. The maximum absolute atomic E-state index is 11.1. The maximum Gasteiger partial charge on any atom is 0.305 e. The molecule has 0 aliphatic rings. The molecule has 0 saturated heterocycles. The van der Waals surface area contributed by atoms with Crippen molar-refractivity contribution in [2.24, 2.45) is 11.7 Å². The van der Waals surface area contributed by atoms with Crippen LogP contribution in [-0.2, 0) is 20.7 Å². The molecule has 1 atom stereocenters. The van der Waals surface area contributed by atoms with Crippen LogP contribution >= 0.6 is 11.6 Å². The summed E-state index contributed by atoms with van der Waals surface area (Å²) in [6, 6.07) is 5.80. The van der Waals surface area contributed by atoms with Crippen LogP contribution in [0.4, 0.5) is 0 Å². The molecule has 0 aromatic heterocycles. The second kappa shape index (κ2) is 11.7. The van der Waals surface area contributed by atoms with Crippen molar-refractivity contribution in [3.8, 4) is 5.75 Å². The van der Waals surface area contributed by atoms with Crippen molar-refractivity contribution in [2.75, 3.05) is 13.7 Å². The number of nitrogens with two attached hydrogens (primary N) is 1. The second-order valence-electron chi connectivity index (χ2n) is 6.32. The van der Waals surface area contributed by atoms with Gasteiger partial charge in [-0.2, -0.15) is 0 Å². The van der Waals surface area contributed by atoms with Crippen LogP contribution in [0, 0.1) is 5.92 Å². The Kier molecular flexibility index (Phi) is 10.0. The van der Waals surface area contributed by atoms with Gasteiger partial charge < -0.3 is 15.2 Å². The minimum absolute atomic E-state index is 0.160. The van der Waals surface area contributed by atoms with E-state index in [9.17, 15) is 9.59 Å². The third-order valence-electron chi connectivity index (χ3n) is 3.98. The van der Waals surface area contributed by atoms with Gasteiger partial charge in [0.1, 0.15) is 5.75 Å². The number of aryl methyl sites for hydroxylation is 1. The third-order valence-corrected chi connectivity index (χ3v) is 4.29. The van der Waals surface area contributed by atoms with Crippen LogP contribution in [-0.4, -0.2) is 25.6 Å². The molecule has 0 bridgehead atoms. The largest absolute Gasteiger partial charge is 0.492 e. The Morgan fingerprint density at radius 3 is 2.64 bits per heavy atom. The van der Waals surface area contributed by atoms with E-state index in [1.54, 1.807) is 0 Å². The van der Waals surface area contributed by atoms with Crippen LogP contribution in [0.1, 0.15) is 51.0 Å². The molecule has 1 aromatic carbocycles. The van der Waals surface area contributed by atoms with Gasteiger partial charge in [0.2, 0.25) is 5.91 Å². The average Bonchev–Trinajstić information content (AvgIpc) is 2.59. The fourth-order valence-electron chi connectivity index (χ4n) is 2.40. The normalized spacial score (nSPS) is 11.8. The molecule has 140 valence electrons. The van der Waals surface area contributed by atoms with Crippen LogP contribution in [0.2, 0.25) is 5.02 Å². The van der Waals surface area contributed by atoms with Crippen LogP contribution in [0.15, 0.2) is 18.2 Å². The van der Waals surface area contributed by atoms with Crippen molar-refractivity contribution < 1.29 is 19.1 Å². The number of methoxy groups -OCH3 is 1. The quantitative estimate of drug-likeness (QED) is 0.447. The van der Waals surface area contributed by atoms with Crippen molar-refractivity contribution in [3.05, 3.63) is 28.8 Å². The number of halogens is 1. The summed E-state index contributed by atoms with van der Waals surface area (Å²) in [4.78, 5) is 21.9. The van der Waals surface area contributed by atoms with Gasteiger partial charge in [0.15, 0.2) is 0 Å². The van der Waals surface area contributed by atoms with Gasteiger partial charge in [-0.15, -0.1) is 0 Å². The van der Waals surface area contributed by atoms with Crippen molar-refractivity contribution in [3.63, 3.8) is 0 Å². The highest BCUT2D eigenvalue weighted by atomic mass is 35.5. The monoisotopic (exact) mass is 369 g/mol. The molecule has 0 radical (unpaired) electrons. The topological polar surface area (TPSA) is 78.6 Å². The lowest BCUT2D eigenvalue weighted by molar-refractivity contribution is -0.140. The number of benzene rings is 1. The molecule has 0 fully saturated rings. The fraction of sp³-hybridized carbons (Fsp3) is 0.579. The molecule has 1 amide bonds. The molecular weight excluding hydrogens is 342 g/mol. The van der Waals surface area contributed by atoms with Gasteiger partial charge >= 0.3 is 5.97 Å². The molecule has 0 saturated carbocycles. The Bertz CT molecular complexity index is 562. The Morgan fingerprint density at radius 1 is 1.20 bits per heavy atom. The Balaban J connectivity index is 2.39. The first kappa shape index (κ1) is 21.3. The lowest BCUT2D eigenvalue weighted by atomic mass is 10.1. The first-order valence-corrected chi connectivity index (χ1v) is 9.06. The zero-order valence-electron chi connectivity index (χ0n) is 15.1. The molecule has 0 heterocycles. The van der Waals surface area contributed by atoms with Gasteiger partial charge in [0.25, 0.3) is 0 Å². The predicted molar refractivity (Wildman–Crippen MR) is 98.7 cm³/mol. The zero-order chi connectivity index (χ0) is 18.7. The number of hydrogen-bond donors (Lipinski definition) is 1. The molecule has 5 nitrogen and oxygen atoms in total. The first-order valence-electron chi connectivity index (χ1n) is 8.68. The predicted octanol–water partition coefficient (Wildman–Crippen LogP) is 3.90.